The maximum atomic E-state index is 12.3. The van der Waals surface area contributed by atoms with Crippen LogP contribution in [0.3, 0.4) is 0 Å². The van der Waals surface area contributed by atoms with Crippen LogP contribution in [-0.2, 0) is 16.0 Å². The Morgan fingerprint density at radius 2 is 1.61 bits per heavy atom. The number of hydrogen-bond donors (Lipinski definition) is 3. The molecule has 1 atom stereocenters. The lowest BCUT2D eigenvalue weighted by molar-refractivity contribution is -0.136. The quantitative estimate of drug-likeness (QED) is 0.407. The van der Waals surface area contributed by atoms with Crippen molar-refractivity contribution in [2.45, 2.75) is 12.5 Å². The van der Waals surface area contributed by atoms with Crippen LogP contribution >= 0.6 is 11.3 Å². The van der Waals surface area contributed by atoms with Gasteiger partial charge in [-0.15, -0.1) is 11.3 Å². The molecule has 4 rings (SSSR count). The highest BCUT2D eigenvalue weighted by molar-refractivity contribution is 7.21. The third-order valence-electron chi connectivity index (χ3n) is 4.77. The number of aliphatic hydroxyl groups excluding tert-OH is 1. The first-order chi connectivity index (χ1) is 15.1. The third-order valence-corrected chi connectivity index (χ3v) is 5.86. The second-order valence-electron chi connectivity index (χ2n) is 7.06. The minimum absolute atomic E-state index is 0.259. The number of hydrogen-bond acceptors (Lipinski definition) is 5. The topological polar surface area (TPSA) is 91.3 Å². The highest BCUT2D eigenvalue weighted by Gasteiger charge is 2.19. The molecule has 0 saturated heterocycles. The number of nitrogens with one attached hydrogen (secondary N) is 2. The Balaban J connectivity index is 1.36. The Kier molecular flexibility index (Phi) is 6.35. The Morgan fingerprint density at radius 3 is 2.32 bits per heavy atom. The Labute approximate surface area is 183 Å². The molecule has 0 saturated carbocycles. The fourth-order valence-electron chi connectivity index (χ4n) is 3.19. The van der Waals surface area contributed by atoms with Crippen LogP contribution in [-0.4, -0.2) is 34.6 Å². The second kappa shape index (κ2) is 9.51. The van der Waals surface area contributed by atoms with Gasteiger partial charge in [-0.1, -0.05) is 42.5 Å². The number of carbonyl (C=O) groups is 2. The maximum Gasteiger partial charge on any atom is 0.313 e. The summed E-state index contributed by atoms with van der Waals surface area (Å²) in [5, 5.41) is 15.6. The van der Waals surface area contributed by atoms with Gasteiger partial charge < -0.3 is 15.7 Å². The van der Waals surface area contributed by atoms with E-state index in [-0.39, 0.29) is 6.61 Å². The molecule has 0 aliphatic heterocycles. The number of thiazole rings is 1. The summed E-state index contributed by atoms with van der Waals surface area (Å²) in [7, 11) is 0. The van der Waals surface area contributed by atoms with E-state index in [0.717, 1.165) is 26.4 Å². The SMILES string of the molecule is O=C(Nc1ccc(-c2nc3ccccc3s2)cc1)C(=O)N[C@@H](CO)Cc1ccccc1. The van der Waals surface area contributed by atoms with Crippen LogP contribution in [0.15, 0.2) is 78.9 Å². The van der Waals surface area contributed by atoms with Crippen LogP contribution in [0, 0.1) is 0 Å². The molecule has 4 aromatic rings. The molecular formula is C24H21N3O3S. The lowest BCUT2D eigenvalue weighted by atomic mass is 10.1. The van der Waals surface area contributed by atoms with Gasteiger partial charge in [0.25, 0.3) is 0 Å². The van der Waals surface area contributed by atoms with Gasteiger partial charge in [-0.25, -0.2) is 4.98 Å². The second-order valence-corrected chi connectivity index (χ2v) is 8.09. The minimum atomic E-state index is -0.787. The molecule has 0 bridgehead atoms. The monoisotopic (exact) mass is 431 g/mol. The van der Waals surface area contributed by atoms with E-state index >= 15 is 0 Å². The van der Waals surface area contributed by atoms with Crippen LogP contribution < -0.4 is 10.6 Å². The van der Waals surface area contributed by atoms with E-state index in [1.165, 1.54) is 0 Å². The average molecular weight is 432 g/mol. The van der Waals surface area contributed by atoms with E-state index < -0.39 is 17.9 Å². The zero-order chi connectivity index (χ0) is 21.6. The van der Waals surface area contributed by atoms with Gasteiger partial charge in [0.05, 0.1) is 22.9 Å². The van der Waals surface area contributed by atoms with Crippen LogP contribution in [0.25, 0.3) is 20.8 Å². The molecule has 6 nitrogen and oxygen atoms in total. The van der Waals surface area contributed by atoms with Gasteiger partial charge in [0.2, 0.25) is 0 Å². The Morgan fingerprint density at radius 1 is 0.903 bits per heavy atom. The largest absolute Gasteiger partial charge is 0.394 e. The van der Waals surface area contributed by atoms with Gasteiger partial charge in [-0.05, 0) is 48.4 Å². The number of rotatable bonds is 6. The molecule has 156 valence electrons. The van der Waals surface area contributed by atoms with E-state index in [0.29, 0.717) is 12.1 Å². The number of amides is 2. The molecule has 0 aliphatic rings. The smallest absolute Gasteiger partial charge is 0.313 e. The van der Waals surface area contributed by atoms with E-state index in [1.807, 2.05) is 66.7 Å². The standard InChI is InChI=1S/C24H21N3O3S/c28-15-19(14-16-6-2-1-3-7-16)26-23(30)22(29)25-18-12-10-17(11-13-18)24-27-20-8-4-5-9-21(20)31-24/h1-13,19,28H,14-15H2,(H,25,29)(H,26,30)/t19-/m1/s1. The summed E-state index contributed by atoms with van der Waals surface area (Å²) >= 11 is 1.60. The van der Waals surface area contributed by atoms with Gasteiger partial charge in [0, 0.05) is 11.3 Å². The number of aliphatic hydroxyl groups is 1. The molecule has 3 aromatic carbocycles. The fourth-order valence-corrected chi connectivity index (χ4v) is 4.16. The molecule has 1 aromatic heterocycles. The van der Waals surface area contributed by atoms with Crippen molar-refractivity contribution in [3.8, 4) is 10.6 Å². The summed E-state index contributed by atoms with van der Waals surface area (Å²) in [5.74, 6) is -1.57. The molecular weight excluding hydrogens is 410 g/mol. The van der Waals surface area contributed by atoms with Crippen molar-refractivity contribution in [3.63, 3.8) is 0 Å². The normalized spacial score (nSPS) is 11.8. The van der Waals surface area contributed by atoms with Gasteiger partial charge in [0.1, 0.15) is 5.01 Å². The summed E-state index contributed by atoms with van der Waals surface area (Å²) in [6.07, 6.45) is 0.438. The molecule has 0 fully saturated rings. The van der Waals surface area contributed by atoms with Gasteiger partial charge in [-0.2, -0.15) is 0 Å². The number of para-hydroxylation sites is 1. The van der Waals surface area contributed by atoms with Gasteiger partial charge in [-0.3, -0.25) is 9.59 Å². The summed E-state index contributed by atoms with van der Waals surface area (Å²) < 4.78 is 1.11. The van der Waals surface area contributed by atoms with Crippen molar-refractivity contribution in [3.05, 3.63) is 84.4 Å². The van der Waals surface area contributed by atoms with Gasteiger partial charge >= 0.3 is 11.8 Å². The Hall–Kier alpha value is -3.55. The minimum Gasteiger partial charge on any atom is -0.394 e. The highest BCUT2D eigenvalue weighted by Crippen LogP contribution is 2.30. The van der Waals surface area contributed by atoms with Crippen LogP contribution in [0.4, 0.5) is 5.69 Å². The average Bonchev–Trinajstić information content (AvgIpc) is 3.24. The van der Waals surface area contributed by atoms with E-state index in [4.69, 9.17) is 0 Å². The number of nitrogens with zero attached hydrogens (tertiary/aromatic N) is 1. The summed E-state index contributed by atoms with van der Waals surface area (Å²) in [6.45, 7) is -0.259. The molecule has 7 heteroatoms. The molecule has 2 amide bonds. The lowest BCUT2D eigenvalue weighted by Gasteiger charge is -2.16. The molecule has 0 unspecified atom stereocenters. The predicted molar refractivity (Wildman–Crippen MR) is 123 cm³/mol. The molecule has 1 heterocycles. The Bertz CT molecular complexity index is 1160. The fraction of sp³-hybridized carbons (Fsp3) is 0.125. The van der Waals surface area contributed by atoms with Crippen LogP contribution in [0.1, 0.15) is 5.56 Å². The molecule has 0 spiro atoms. The summed E-state index contributed by atoms with van der Waals surface area (Å²) in [6, 6.07) is 24.1. The number of benzene rings is 3. The first-order valence-electron chi connectivity index (χ1n) is 9.85. The molecule has 0 aliphatic carbocycles. The first-order valence-corrected chi connectivity index (χ1v) is 10.7. The maximum absolute atomic E-state index is 12.3. The van der Waals surface area contributed by atoms with E-state index in [2.05, 4.69) is 15.6 Å². The summed E-state index contributed by atoms with van der Waals surface area (Å²) in [5.41, 5.74) is 3.36. The number of carbonyl (C=O) groups excluding carboxylic acids is 2. The summed E-state index contributed by atoms with van der Waals surface area (Å²) in [4.78, 5) is 29.1. The van der Waals surface area contributed by atoms with Crippen molar-refractivity contribution < 1.29 is 14.7 Å². The molecule has 3 N–H and O–H groups in total. The first kappa shape index (κ1) is 20.7. The van der Waals surface area contributed by atoms with Gasteiger partial charge in [0.15, 0.2) is 0 Å². The molecule has 0 radical (unpaired) electrons. The zero-order valence-corrected chi connectivity index (χ0v) is 17.4. The lowest BCUT2D eigenvalue weighted by Crippen LogP contribution is -2.44. The van der Waals surface area contributed by atoms with Crippen molar-refractivity contribution >= 4 is 39.1 Å². The number of anilines is 1. The van der Waals surface area contributed by atoms with Crippen LogP contribution in [0.5, 0.6) is 0 Å². The van der Waals surface area contributed by atoms with Crippen LogP contribution in [0.2, 0.25) is 0 Å². The number of fused-ring (bicyclic) bond motifs is 1. The van der Waals surface area contributed by atoms with E-state index in [1.54, 1.807) is 23.5 Å². The third kappa shape index (κ3) is 5.14. The zero-order valence-electron chi connectivity index (χ0n) is 16.6. The van der Waals surface area contributed by atoms with Crippen molar-refractivity contribution in [2.24, 2.45) is 0 Å². The van der Waals surface area contributed by atoms with Crippen molar-refractivity contribution in [2.75, 3.05) is 11.9 Å². The number of aromatic nitrogens is 1. The highest BCUT2D eigenvalue weighted by atomic mass is 32.1. The van der Waals surface area contributed by atoms with E-state index in [9.17, 15) is 14.7 Å². The van der Waals surface area contributed by atoms with Crippen molar-refractivity contribution in [1.82, 2.24) is 10.3 Å². The predicted octanol–water partition coefficient (Wildman–Crippen LogP) is 3.62. The van der Waals surface area contributed by atoms with Crippen molar-refractivity contribution in [1.29, 1.82) is 0 Å². The molecule has 31 heavy (non-hydrogen) atoms.